The van der Waals surface area contributed by atoms with Crippen LogP contribution in [0.3, 0.4) is 0 Å². The second kappa shape index (κ2) is 7.59. The predicted octanol–water partition coefficient (Wildman–Crippen LogP) is 2.15. The molecule has 27 heavy (non-hydrogen) atoms. The molecule has 2 heterocycles. The lowest BCUT2D eigenvalue weighted by molar-refractivity contribution is -0.136. The van der Waals surface area contributed by atoms with Gasteiger partial charge in [0.25, 0.3) is 5.91 Å². The number of carbonyl (C=O) groups excluding carboxylic acids is 2. The van der Waals surface area contributed by atoms with Crippen LogP contribution >= 0.6 is 0 Å². The molecule has 2 aromatic carbocycles. The maximum absolute atomic E-state index is 12.7. The Morgan fingerprint density at radius 3 is 2.70 bits per heavy atom. The molecule has 1 aliphatic heterocycles. The Morgan fingerprint density at radius 1 is 1.07 bits per heavy atom. The number of benzene rings is 2. The monoisotopic (exact) mass is 364 g/mol. The van der Waals surface area contributed by atoms with Crippen LogP contribution in [0.4, 0.5) is 5.69 Å². The highest BCUT2D eigenvalue weighted by molar-refractivity contribution is 6.12. The molecule has 1 fully saturated rings. The molecule has 0 saturated carbocycles. The number of morpholine rings is 1. The van der Waals surface area contributed by atoms with Gasteiger partial charge in [0.1, 0.15) is 6.54 Å². The molecule has 0 spiro atoms. The van der Waals surface area contributed by atoms with E-state index in [9.17, 15) is 9.59 Å². The third kappa shape index (κ3) is 3.83. The van der Waals surface area contributed by atoms with Gasteiger partial charge in [-0.25, -0.2) is 0 Å². The summed E-state index contributed by atoms with van der Waals surface area (Å²) in [6.07, 6.45) is 3.22. The standard InChI is InChI=1S/C20H20N4O3/c25-19(23-8-10-27-11-9-23)14-24-13-16(12-21-24)22-20(26)18-7-3-5-15-4-1-2-6-17(15)18/h1-7,12-13H,8-11,14H2,(H,22,26). The lowest BCUT2D eigenvalue weighted by Gasteiger charge is -2.26. The molecular formula is C20H20N4O3. The van der Waals surface area contributed by atoms with Crippen LogP contribution in [0, 0.1) is 0 Å². The first-order valence-electron chi connectivity index (χ1n) is 8.88. The summed E-state index contributed by atoms with van der Waals surface area (Å²) in [4.78, 5) is 26.7. The van der Waals surface area contributed by atoms with Crippen molar-refractivity contribution in [3.05, 3.63) is 60.4 Å². The molecule has 4 rings (SSSR count). The predicted molar refractivity (Wildman–Crippen MR) is 102 cm³/mol. The Bertz CT molecular complexity index is 971. The van der Waals surface area contributed by atoms with Gasteiger partial charge < -0.3 is 15.0 Å². The van der Waals surface area contributed by atoms with E-state index in [1.54, 1.807) is 23.4 Å². The van der Waals surface area contributed by atoms with E-state index in [1.165, 1.54) is 4.68 Å². The summed E-state index contributed by atoms with van der Waals surface area (Å²) >= 11 is 0. The lowest BCUT2D eigenvalue weighted by atomic mass is 10.0. The SMILES string of the molecule is O=C(Nc1cnn(CC(=O)N2CCOCC2)c1)c1cccc2ccccc12. The summed E-state index contributed by atoms with van der Waals surface area (Å²) in [5.41, 5.74) is 1.16. The maximum atomic E-state index is 12.7. The van der Waals surface area contributed by atoms with Crippen molar-refractivity contribution in [3.8, 4) is 0 Å². The molecule has 1 saturated heterocycles. The number of hydrogen-bond donors (Lipinski definition) is 1. The topological polar surface area (TPSA) is 76.5 Å². The van der Waals surface area contributed by atoms with Gasteiger partial charge in [0.2, 0.25) is 5.91 Å². The number of carbonyl (C=O) groups is 2. The number of rotatable bonds is 4. The van der Waals surface area contributed by atoms with Crippen LogP contribution < -0.4 is 5.32 Å². The summed E-state index contributed by atoms with van der Waals surface area (Å²) in [6.45, 7) is 2.48. The molecule has 1 aliphatic rings. The van der Waals surface area contributed by atoms with E-state index in [0.29, 0.717) is 37.6 Å². The molecule has 0 aliphatic carbocycles. The molecule has 0 unspecified atom stereocenters. The molecular weight excluding hydrogens is 344 g/mol. The number of nitrogens with zero attached hydrogens (tertiary/aromatic N) is 3. The van der Waals surface area contributed by atoms with E-state index < -0.39 is 0 Å². The van der Waals surface area contributed by atoms with Crippen molar-refractivity contribution in [1.29, 1.82) is 0 Å². The molecule has 138 valence electrons. The first-order valence-corrected chi connectivity index (χ1v) is 8.88. The zero-order chi connectivity index (χ0) is 18.6. The van der Waals surface area contributed by atoms with Gasteiger partial charge in [-0.2, -0.15) is 5.10 Å². The van der Waals surface area contributed by atoms with Crippen LogP contribution in [0.25, 0.3) is 10.8 Å². The van der Waals surface area contributed by atoms with E-state index in [2.05, 4.69) is 10.4 Å². The Hall–Kier alpha value is -3.19. The summed E-state index contributed by atoms with van der Waals surface area (Å²) in [6, 6.07) is 13.4. The van der Waals surface area contributed by atoms with E-state index in [0.717, 1.165) is 10.8 Å². The maximum Gasteiger partial charge on any atom is 0.256 e. The van der Waals surface area contributed by atoms with Crippen LogP contribution in [-0.2, 0) is 16.1 Å². The minimum Gasteiger partial charge on any atom is -0.378 e. The van der Waals surface area contributed by atoms with Gasteiger partial charge in [-0.05, 0) is 16.8 Å². The average Bonchev–Trinajstić information content (AvgIpc) is 3.14. The number of nitrogens with one attached hydrogen (secondary N) is 1. The second-order valence-corrected chi connectivity index (χ2v) is 6.40. The highest BCUT2D eigenvalue weighted by Gasteiger charge is 2.18. The number of hydrogen-bond acceptors (Lipinski definition) is 4. The van der Waals surface area contributed by atoms with Gasteiger partial charge in [0.05, 0.1) is 25.1 Å². The molecule has 7 nitrogen and oxygen atoms in total. The summed E-state index contributed by atoms with van der Waals surface area (Å²) in [5, 5.41) is 8.95. The highest BCUT2D eigenvalue weighted by atomic mass is 16.5. The minimum atomic E-state index is -0.203. The van der Waals surface area contributed by atoms with E-state index in [-0.39, 0.29) is 18.4 Å². The van der Waals surface area contributed by atoms with Crippen LogP contribution in [0.1, 0.15) is 10.4 Å². The zero-order valence-electron chi connectivity index (χ0n) is 14.8. The van der Waals surface area contributed by atoms with Gasteiger partial charge in [0, 0.05) is 24.8 Å². The molecule has 0 atom stereocenters. The van der Waals surface area contributed by atoms with Crippen molar-refractivity contribution in [2.24, 2.45) is 0 Å². The van der Waals surface area contributed by atoms with Gasteiger partial charge in [-0.1, -0.05) is 36.4 Å². The van der Waals surface area contributed by atoms with Crippen molar-refractivity contribution in [2.45, 2.75) is 6.54 Å². The zero-order valence-corrected chi connectivity index (χ0v) is 14.8. The Labute approximate surface area is 156 Å². The largest absolute Gasteiger partial charge is 0.378 e. The Balaban J connectivity index is 1.44. The number of fused-ring (bicyclic) bond motifs is 1. The number of ether oxygens (including phenoxy) is 1. The molecule has 1 aromatic heterocycles. The Kier molecular flexibility index (Phi) is 4.84. The van der Waals surface area contributed by atoms with E-state index in [4.69, 9.17) is 4.74 Å². The van der Waals surface area contributed by atoms with Crippen LogP contribution in [0.2, 0.25) is 0 Å². The minimum absolute atomic E-state index is 0.00618. The smallest absolute Gasteiger partial charge is 0.256 e. The molecule has 2 amide bonds. The average molecular weight is 364 g/mol. The number of amides is 2. The van der Waals surface area contributed by atoms with E-state index >= 15 is 0 Å². The molecule has 7 heteroatoms. The van der Waals surface area contributed by atoms with Gasteiger partial charge in [-0.15, -0.1) is 0 Å². The summed E-state index contributed by atoms with van der Waals surface area (Å²) < 4.78 is 6.79. The van der Waals surface area contributed by atoms with Gasteiger partial charge in [0.15, 0.2) is 0 Å². The third-order valence-corrected chi connectivity index (χ3v) is 4.59. The quantitative estimate of drug-likeness (QED) is 0.770. The van der Waals surface area contributed by atoms with Crippen molar-refractivity contribution in [2.75, 3.05) is 31.6 Å². The molecule has 0 radical (unpaired) electrons. The molecule has 3 aromatic rings. The van der Waals surface area contributed by atoms with Gasteiger partial charge >= 0.3 is 0 Å². The fourth-order valence-electron chi connectivity index (χ4n) is 3.19. The second-order valence-electron chi connectivity index (χ2n) is 6.40. The van der Waals surface area contributed by atoms with Crippen LogP contribution in [0.5, 0.6) is 0 Å². The van der Waals surface area contributed by atoms with Crippen LogP contribution in [0.15, 0.2) is 54.9 Å². The summed E-state index contributed by atoms with van der Waals surface area (Å²) in [7, 11) is 0. The first kappa shape index (κ1) is 17.2. The summed E-state index contributed by atoms with van der Waals surface area (Å²) in [5.74, 6) is -0.209. The molecule has 1 N–H and O–H groups in total. The van der Waals surface area contributed by atoms with Crippen molar-refractivity contribution in [3.63, 3.8) is 0 Å². The third-order valence-electron chi connectivity index (χ3n) is 4.59. The van der Waals surface area contributed by atoms with Gasteiger partial charge in [-0.3, -0.25) is 14.3 Å². The Morgan fingerprint density at radius 2 is 1.85 bits per heavy atom. The van der Waals surface area contributed by atoms with E-state index in [1.807, 2.05) is 36.4 Å². The fraction of sp³-hybridized carbons (Fsp3) is 0.250. The van der Waals surface area contributed by atoms with Crippen molar-refractivity contribution >= 4 is 28.3 Å². The number of aromatic nitrogens is 2. The van der Waals surface area contributed by atoms with Crippen LogP contribution in [-0.4, -0.2) is 52.8 Å². The fourth-order valence-corrected chi connectivity index (χ4v) is 3.19. The normalized spacial score (nSPS) is 14.3. The number of anilines is 1. The lowest BCUT2D eigenvalue weighted by Crippen LogP contribution is -2.42. The first-order chi connectivity index (χ1) is 13.2. The van der Waals surface area contributed by atoms with Crippen molar-refractivity contribution < 1.29 is 14.3 Å². The molecule has 0 bridgehead atoms. The highest BCUT2D eigenvalue weighted by Crippen LogP contribution is 2.19. The van der Waals surface area contributed by atoms with Crippen molar-refractivity contribution in [1.82, 2.24) is 14.7 Å².